The lowest BCUT2D eigenvalue weighted by atomic mass is 9.91. The number of carboxylic acid groups (broad SMARTS) is 1. The maximum atomic E-state index is 13.8. The molecule has 0 aliphatic carbocycles. The van der Waals surface area contributed by atoms with E-state index in [0.29, 0.717) is 25.1 Å². The number of hydrogen-bond acceptors (Lipinski definition) is 6. The molecule has 0 spiro atoms. The summed E-state index contributed by atoms with van der Waals surface area (Å²) in [5.41, 5.74) is 1.89. The molecule has 42 heavy (non-hydrogen) atoms. The molecule has 2 heterocycles. The van der Waals surface area contributed by atoms with E-state index in [9.17, 15) is 19.5 Å². The second-order valence-electron chi connectivity index (χ2n) is 13.7. The van der Waals surface area contributed by atoms with E-state index < -0.39 is 32.1 Å². The summed E-state index contributed by atoms with van der Waals surface area (Å²) in [5, 5.41) is 9.30. The number of ether oxygens (including phenoxy) is 2. The Balaban J connectivity index is 1.74. The van der Waals surface area contributed by atoms with Crippen LogP contribution in [0.2, 0.25) is 18.1 Å². The summed E-state index contributed by atoms with van der Waals surface area (Å²) in [7, 11) is -2.38. The van der Waals surface area contributed by atoms with Gasteiger partial charge in [-0.25, -0.2) is 9.59 Å². The topological polar surface area (TPSA) is 106 Å². The van der Waals surface area contributed by atoms with Crippen molar-refractivity contribution >= 4 is 26.3 Å². The van der Waals surface area contributed by atoms with Crippen molar-refractivity contribution in [2.45, 2.75) is 90.4 Å². The quantitative estimate of drug-likeness (QED) is 0.410. The zero-order valence-electron chi connectivity index (χ0n) is 26.0. The first-order valence-corrected chi connectivity index (χ1v) is 17.4. The molecule has 9 nitrogen and oxygen atoms in total. The molecule has 0 saturated carbocycles. The Labute approximate surface area is 249 Å². The van der Waals surface area contributed by atoms with Crippen LogP contribution in [0.4, 0.5) is 4.79 Å². The minimum absolute atomic E-state index is 0.0583. The fraction of sp³-hybridized carbons (Fsp3) is 0.531. The molecule has 2 amide bonds. The third kappa shape index (κ3) is 6.98. The molecule has 10 heteroatoms. The Kier molecular flexibility index (Phi) is 8.81. The summed E-state index contributed by atoms with van der Waals surface area (Å²) in [4.78, 5) is 42.5. The van der Waals surface area contributed by atoms with Crippen LogP contribution < -0.4 is 4.74 Å². The second-order valence-corrected chi connectivity index (χ2v) is 18.4. The number of carboxylic acids is 1. The van der Waals surface area contributed by atoms with Crippen LogP contribution in [0.1, 0.15) is 73.4 Å². The van der Waals surface area contributed by atoms with E-state index in [2.05, 4.69) is 39.9 Å². The first kappa shape index (κ1) is 31.6. The number of aromatic carboxylic acids is 1. The monoisotopic (exact) mass is 596 g/mol. The first-order chi connectivity index (χ1) is 19.5. The van der Waals surface area contributed by atoms with Gasteiger partial charge in [-0.1, -0.05) is 45.0 Å². The highest BCUT2D eigenvalue weighted by Gasteiger charge is 2.45. The molecule has 2 aromatic carbocycles. The van der Waals surface area contributed by atoms with Crippen molar-refractivity contribution in [3.05, 3.63) is 64.7 Å². The Morgan fingerprint density at radius 2 is 1.74 bits per heavy atom. The van der Waals surface area contributed by atoms with E-state index in [1.54, 1.807) is 9.80 Å². The number of carbonyl (C=O) groups is 3. The summed E-state index contributed by atoms with van der Waals surface area (Å²) in [6, 6.07) is 12.0. The fourth-order valence-corrected chi connectivity index (χ4v) is 6.42. The Hall–Kier alpha value is -3.37. The third-order valence-electron chi connectivity index (χ3n) is 8.36. The summed E-state index contributed by atoms with van der Waals surface area (Å²) in [5.74, 6) is -1.09. The molecule has 228 valence electrons. The molecule has 2 aliphatic rings. The minimum Gasteiger partial charge on any atom is -0.491 e. The average molecular weight is 597 g/mol. The van der Waals surface area contributed by atoms with E-state index in [1.165, 1.54) is 18.2 Å². The molecular weight excluding hydrogens is 552 g/mol. The molecule has 2 aliphatic heterocycles. The molecule has 2 aromatic rings. The SMILES string of the molecule is CC(C)(C)OC(=O)N1Cc2ccccc2C[C@H]1[C@@H](CN1CCOc2cc(C(=O)O)ccc2C1=O)O[Si](C)(C)C(C)(C)C. The van der Waals surface area contributed by atoms with Crippen LogP contribution in [0.25, 0.3) is 0 Å². The highest BCUT2D eigenvalue weighted by molar-refractivity contribution is 6.74. The van der Waals surface area contributed by atoms with Gasteiger partial charge in [0.2, 0.25) is 0 Å². The maximum Gasteiger partial charge on any atom is 0.410 e. The van der Waals surface area contributed by atoms with Gasteiger partial charge in [-0.2, -0.15) is 0 Å². The van der Waals surface area contributed by atoms with Gasteiger partial charge in [0.25, 0.3) is 5.91 Å². The largest absolute Gasteiger partial charge is 0.491 e. The number of nitrogens with zero attached hydrogens (tertiary/aromatic N) is 2. The molecule has 0 fully saturated rings. The molecule has 0 saturated heterocycles. The van der Waals surface area contributed by atoms with Gasteiger partial charge < -0.3 is 23.9 Å². The Bertz CT molecular complexity index is 1350. The molecule has 0 unspecified atom stereocenters. The lowest BCUT2D eigenvalue weighted by molar-refractivity contribution is -0.0150. The third-order valence-corrected chi connectivity index (χ3v) is 12.9. The Morgan fingerprint density at radius 1 is 1.07 bits per heavy atom. The lowest BCUT2D eigenvalue weighted by Gasteiger charge is -2.47. The normalized spacial score (nSPS) is 18.4. The maximum absolute atomic E-state index is 13.8. The van der Waals surface area contributed by atoms with Crippen LogP contribution in [0.5, 0.6) is 5.75 Å². The first-order valence-electron chi connectivity index (χ1n) is 14.5. The lowest BCUT2D eigenvalue weighted by Crippen LogP contribution is -2.59. The van der Waals surface area contributed by atoms with Crippen LogP contribution >= 0.6 is 0 Å². The second kappa shape index (κ2) is 11.7. The van der Waals surface area contributed by atoms with Gasteiger partial charge in [0.15, 0.2) is 8.32 Å². The number of benzene rings is 2. The average Bonchev–Trinajstić information content (AvgIpc) is 3.03. The summed E-state index contributed by atoms with van der Waals surface area (Å²) < 4.78 is 18.8. The molecule has 0 aromatic heterocycles. The van der Waals surface area contributed by atoms with E-state index in [-0.39, 0.29) is 41.5 Å². The van der Waals surface area contributed by atoms with Crippen molar-refractivity contribution in [1.82, 2.24) is 9.80 Å². The summed E-state index contributed by atoms with van der Waals surface area (Å²) in [6.45, 7) is 17.5. The van der Waals surface area contributed by atoms with Gasteiger partial charge in [0.1, 0.15) is 18.0 Å². The molecule has 1 N–H and O–H groups in total. The molecule has 4 rings (SSSR count). The highest BCUT2D eigenvalue weighted by atomic mass is 28.4. The zero-order chi connectivity index (χ0) is 31.0. The highest BCUT2D eigenvalue weighted by Crippen LogP contribution is 2.39. The van der Waals surface area contributed by atoms with E-state index in [1.807, 2.05) is 39.0 Å². The van der Waals surface area contributed by atoms with Crippen molar-refractivity contribution in [3.8, 4) is 5.75 Å². The predicted octanol–water partition coefficient (Wildman–Crippen LogP) is 5.97. The van der Waals surface area contributed by atoms with Crippen LogP contribution in [0.3, 0.4) is 0 Å². The smallest absolute Gasteiger partial charge is 0.410 e. The zero-order valence-corrected chi connectivity index (χ0v) is 27.0. The van der Waals surface area contributed by atoms with Crippen molar-refractivity contribution in [1.29, 1.82) is 0 Å². The van der Waals surface area contributed by atoms with Gasteiger partial charge in [0, 0.05) is 13.1 Å². The number of carbonyl (C=O) groups excluding carboxylic acids is 2. The van der Waals surface area contributed by atoms with Gasteiger partial charge in [-0.15, -0.1) is 0 Å². The summed E-state index contributed by atoms with van der Waals surface area (Å²) >= 11 is 0. The molecule has 0 radical (unpaired) electrons. The number of rotatable bonds is 6. The fourth-order valence-electron chi connectivity index (χ4n) is 5.07. The van der Waals surface area contributed by atoms with Crippen LogP contribution in [0, 0.1) is 0 Å². The predicted molar refractivity (Wildman–Crippen MR) is 163 cm³/mol. The van der Waals surface area contributed by atoms with Crippen molar-refractivity contribution in [3.63, 3.8) is 0 Å². The van der Waals surface area contributed by atoms with Crippen LogP contribution in [-0.2, 0) is 22.1 Å². The van der Waals surface area contributed by atoms with Crippen molar-refractivity contribution < 1.29 is 33.4 Å². The van der Waals surface area contributed by atoms with Gasteiger partial charge in [-0.05, 0) is 74.7 Å². The number of amides is 2. The van der Waals surface area contributed by atoms with Gasteiger partial charge in [0.05, 0.1) is 29.8 Å². The molecule has 2 atom stereocenters. The Morgan fingerprint density at radius 3 is 2.36 bits per heavy atom. The van der Waals surface area contributed by atoms with E-state index in [4.69, 9.17) is 13.9 Å². The van der Waals surface area contributed by atoms with Gasteiger partial charge in [-0.3, -0.25) is 9.69 Å². The standard InChI is InChI=1S/C32H44N2O7Si/c1-31(2,3)40-30(38)34-19-23-12-10-9-11-21(23)17-25(34)27(41-42(7,8)32(4,5)6)20-33-15-16-39-26-18-22(29(36)37)13-14-24(26)28(33)35/h9-14,18,25,27H,15-17,19-20H2,1-8H3,(H,36,37)/t25-,27+/m0/s1. The molecule has 0 bridgehead atoms. The van der Waals surface area contributed by atoms with E-state index in [0.717, 1.165) is 11.1 Å². The van der Waals surface area contributed by atoms with Crippen molar-refractivity contribution in [2.75, 3.05) is 19.7 Å². The molecular formula is C32H44N2O7Si. The number of hydrogen-bond donors (Lipinski definition) is 1. The van der Waals surface area contributed by atoms with Crippen LogP contribution in [0.15, 0.2) is 42.5 Å². The number of fused-ring (bicyclic) bond motifs is 2. The van der Waals surface area contributed by atoms with Gasteiger partial charge >= 0.3 is 12.1 Å². The van der Waals surface area contributed by atoms with Crippen LogP contribution in [-0.4, -0.2) is 78.6 Å². The van der Waals surface area contributed by atoms with E-state index >= 15 is 0 Å². The minimum atomic E-state index is -2.38. The van der Waals surface area contributed by atoms with Crippen molar-refractivity contribution in [2.24, 2.45) is 0 Å². The summed E-state index contributed by atoms with van der Waals surface area (Å²) in [6.07, 6.45) is -0.357.